The zero-order chi connectivity index (χ0) is 13.4. The van der Waals surface area contributed by atoms with Gasteiger partial charge in [-0.05, 0) is 36.2 Å². The predicted octanol–water partition coefficient (Wildman–Crippen LogP) is 2.83. The topological polar surface area (TPSA) is 66.2 Å². The molecule has 0 aliphatic carbocycles. The average Bonchev–Trinajstić information content (AvgIpc) is 3.01. The van der Waals surface area contributed by atoms with Crippen molar-refractivity contribution in [1.82, 2.24) is 4.98 Å². The third-order valence-electron chi connectivity index (χ3n) is 3.06. The van der Waals surface area contributed by atoms with Crippen LogP contribution in [0.2, 0.25) is 0 Å². The first-order chi connectivity index (χ1) is 9.17. The van der Waals surface area contributed by atoms with Crippen LogP contribution in [0.3, 0.4) is 0 Å². The van der Waals surface area contributed by atoms with Crippen LogP contribution in [-0.4, -0.2) is 10.1 Å². The lowest BCUT2D eigenvalue weighted by molar-refractivity contribution is 0.224. The number of hydrogen-bond acceptors (Lipinski definition) is 4. The normalized spacial score (nSPS) is 12.9. The molecule has 0 bridgehead atoms. The van der Waals surface area contributed by atoms with Gasteiger partial charge in [0.1, 0.15) is 6.10 Å². The van der Waals surface area contributed by atoms with Gasteiger partial charge in [0.25, 0.3) is 0 Å². The number of aryl methyl sites for hydroxylation is 1. The van der Waals surface area contributed by atoms with Crippen LogP contribution in [-0.2, 0) is 6.42 Å². The van der Waals surface area contributed by atoms with Crippen molar-refractivity contribution in [2.45, 2.75) is 19.4 Å². The molecular formula is C14H13NO3S. The Morgan fingerprint density at radius 1 is 1.37 bits per heavy atom. The second-order valence-electron chi connectivity index (χ2n) is 4.33. The number of aliphatic hydroxyl groups excluding tert-OH is 1. The predicted molar refractivity (Wildman–Crippen MR) is 74.6 cm³/mol. The lowest BCUT2D eigenvalue weighted by Gasteiger charge is -2.08. The van der Waals surface area contributed by atoms with Crippen molar-refractivity contribution in [1.29, 1.82) is 0 Å². The molecule has 19 heavy (non-hydrogen) atoms. The minimum atomic E-state index is -0.685. The molecule has 2 heterocycles. The number of benzene rings is 1. The first kappa shape index (κ1) is 12.2. The van der Waals surface area contributed by atoms with Crippen molar-refractivity contribution in [3.63, 3.8) is 0 Å². The highest BCUT2D eigenvalue weighted by Gasteiger charge is 2.14. The summed E-state index contributed by atoms with van der Waals surface area (Å²) in [4.78, 5) is 15.8. The lowest BCUT2D eigenvalue weighted by Crippen LogP contribution is -1.96. The molecule has 2 aromatic heterocycles. The number of nitrogens with one attached hydrogen (secondary N) is 1. The van der Waals surface area contributed by atoms with Crippen LogP contribution in [0.1, 0.15) is 28.3 Å². The van der Waals surface area contributed by atoms with Crippen LogP contribution < -0.4 is 5.76 Å². The molecule has 0 aliphatic rings. The Bertz CT molecular complexity index is 768. The minimum Gasteiger partial charge on any atom is -0.408 e. The molecule has 2 N–H and O–H groups in total. The fraction of sp³-hybridized carbons (Fsp3) is 0.214. The standard InChI is InChI=1S/C14H13NO3S/c1-2-9-4-6-12(19-9)13(16)8-3-5-10-11(7-8)18-14(17)15-10/h3-7,13,16H,2H2,1H3,(H,15,17). The summed E-state index contributed by atoms with van der Waals surface area (Å²) in [7, 11) is 0. The Morgan fingerprint density at radius 2 is 2.21 bits per heavy atom. The summed E-state index contributed by atoms with van der Waals surface area (Å²) in [6, 6.07) is 9.20. The number of fused-ring (bicyclic) bond motifs is 1. The lowest BCUT2D eigenvalue weighted by atomic mass is 10.1. The largest absolute Gasteiger partial charge is 0.417 e. The van der Waals surface area contributed by atoms with E-state index >= 15 is 0 Å². The third kappa shape index (κ3) is 2.22. The van der Waals surface area contributed by atoms with E-state index in [1.165, 1.54) is 4.88 Å². The van der Waals surface area contributed by atoms with Gasteiger partial charge in [-0.1, -0.05) is 13.0 Å². The first-order valence-electron chi connectivity index (χ1n) is 6.07. The fourth-order valence-electron chi connectivity index (χ4n) is 2.03. The number of H-pyrrole nitrogens is 1. The van der Waals surface area contributed by atoms with Crippen LogP contribution in [0.25, 0.3) is 11.1 Å². The second-order valence-corrected chi connectivity index (χ2v) is 5.53. The maximum absolute atomic E-state index is 11.1. The quantitative estimate of drug-likeness (QED) is 0.772. The van der Waals surface area contributed by atoms with E-state index in [-0.39, 0.29) is 0 Å². The molecule has 0 saturated carbocycles. The summed E-state index contributed by atoms with van der Waals surface area (Å²) in [6.45, 7) is 2.09. The monoisotopic (exact) mass is 275 g/mol. The van der Waals surface area contributed by atoms with Crippen LogP contribution in [0.4, 0.5) is 0 Å². The molecule has 4 nitrogen and oxygen atoms in total. The van der Waals surface area contributed by atoms with Gasteiger partial charge >= 0.3 is 5.76 Å². The number of hydrogen-bond donors (Lipinski definition) is 2. The van der Waals surface area contributed by atoms with E-state index < -0.39 is 11.9 Å². The summed E-state index contributed by atoms with van der Waals surface area (Å²) in [5.74, 6) is -0.481. The van der Waals surface area contributed by atoms with Crippen molar-refractivity contribution in [2.75, 3.05) is 0 Å². The van der Waals surface area contributed by atoms with Gasteiger partial charge in [-0.3, -0.25) is 4.98 Å². The Kier molecular flexibility index (Phi) is 3.00. The summed E-state index contributed by atoms with van der Waals surface area (Å²) in [5.41, 5.74) is 1.83. The van der Waals surface area contributed by atoms with E-state index in [9.17, 15) is 9.90 Å². The molecule has 1 atom stereocenters. The van der Waals surface area contributed by atoms with Gasteiger partial charge in [0.2, 0.25) is 0 Å². The maximum atomic E-state index is 11.1. The highest BCUT2D eigenvalue weighted by atomic mass is 32.1. The number of aromatic nitrogens is 1. The number of aromatic amines is 1. The smallest absolute Gasteiger partial charge is 0.408 e. The number of oxazole rings is 1. The van der Waals surface area contributed by atoms with E-state index in [2.05, 4.69) is 11.9 Å². The molecular weight excluding hydrogens is 262 g/mol. The number of thiophene rings is 1. The molecule has 0 aliphatic heterocycles. The van der Waals surface area contributed by atoms with Gasteiger partial charge < -0.3 is 9.52 Å². The van der Waals surface area contributed by atoms with Gasteiger partial charge in [-0.25, -0.2) is 4.79 Å². The van der Waals surface area contributed by atoms with Crippen molar-refractivity contribution < 1.29 is 9.52 Å². The van der Waals surface area contributed by atoms with Crippen molar-refractivity contribution >= 4 is 22.4 Å². The molecule has 1 unspecified atom stereocenters. The Balaban J connectivity index is 2.00. The second kappa shape index (κ2) is 4.68. The van der Waals surface area contributed by atoms with Crippen LogP contribution >= 0.6 is 11.3 Å². The zero-order valence-corrected chi connectivity index (χ0v) is 11.2. The molecule has 0 spiro atoms. The molecule has 3 aromatic rings. The van der Waals surface area contributed by atoms with E-state index in [0.29, 0.717) is 11.1 Å². The van der Waals surface area contributed by atoms with Gasteiger partial charge in [0, 0.05) is 9.75 Å². The molecule has 5 heteroatoms. The zero-order valence-electron chi connectivity index (χ0n) is 10.3. The maximum Gasteiger partial charge on any atom is 0.417 e. The number of rotatable bonds is 3. The van der Waals surface area contributed by atoms with Crippen molar-refractivity contribution in [3.8, 4) is 0 Å². The van der Waals surface area contributed by atoms with Crippen molar-refractivity contribution in [2.24, 2.45) is 0 Å². The highest BCUT2D eigenvalue weighted by molar-refractivity contribution is 7.12. The van der Waals surface area contributed by atoms with Gasteiger partial charge in [-0.15, -0.1) is 11.3 Å². The molecule has 0 radical (unpaired) electrons. The fourth-order valence-corrected chi connectivity index (χ4v) is 2.99. The molecule has 0 saturated heterocycles. The minimum absolute atomic E-state index is 0.467. The van der Waals surface area contributed by atoms with E-state index in [0.717, 1.165) is 16.9 Å². The summed E-state index contributed by atoms with van der Waals surface area (Å²) < 4.78 is 5.00. The van der Waals surface area contributed by atoms with Crippen molar-refractivity contribution in [3.05, 3.63) is 56.2 Å². The molecule has 0 amide bonds. The van der Waals surface area contributed by atoms with Gasteiger partial charge in [0.15, 0.2) is 5.58 Å². The summed E-state index contributed by atoms with van der Waals surface area (Å²) in [6.07, 6.45) is 0.276. The molecule has 0 fully saturated rings. The Morgan fingerprint density at radius 3 is 2.95 bits per heavy atom. The molecule has 3 rings (SSSR count). The average molecular weight is 275 g/mol. The SMILES string of the molecule is CCc1ccc(C(O)c2ccc3[nH]c(=O)oc3c2)s1. The summed E-state index contributed by atoms with van der Waals surface area (Å²) >= 11 is 1.60. The first-order valence-corrected chi connectivity index (χ1v) is 6.88. The van der Waals surface area contributed by atoms with E-state index in [1.807, 2.05) is 12.1 Å². The number of aliphatic hydroxyl groups is 1. The van der Waals surface area contributed by atoms with Gasteiger partial charge in [0.05, 0.1) is 5.52 Å². The van der Waals surface area contributed by atoms with Crippen LogP contribution in [0.15, 0.2) is 39.5 Å². The Hall–Kier alpha value is -1.85. The third-order valence-corrected chi connectivity index (χ3v) is 4.34. The van der Waals surface area contributed by atoms with Crippen LogP contribution in [0, 0.1) is 0 Å². The molecule has 98 valence electrons. The van der Waals surface area contributed by atoms with Crippen LogP contribution in [0.5, 0.6) is 0 Å². The van der Waals surface area contributed by atoms with E-state index in [1.54, 1.807) is 29.5 Å². The van der Waals surface area contributed by atoms with E-state index in [4.69, 9.17) is 4.42 Å². The highest BCUT2D eigenvalue weighted by Crippen LogP contribution is 2.29. The summed E-state index contributed by atoms with van der Waals surface area (Å²) in [5, 5.41) is 10.3. The Labute approximate surface area is 113 Å². The molecule has 1 aromatic carbocycles. The van der Waals surface area contributed by atoms with Gasteiger partial charge in [-0.2, -0.15) is 0 Å².